The average molecular weight is 354 g/mol. The molecule has 4 rings (SSSR count). The molecule has 26 heavy (non-hydrogen) atoms. The maximum absolute atomic E-state index is 12.4. The minimum Gasteiger partial charge on any atom is -0.353 e. The van der Waals surface area contributed by atoms with E-state index in [1.165, 1.54) is 6.42 Å². The van der Waals surface area contributed by atoms with Crippen molar-refractivity contribution < 1.29 is 4.79 Å². The summed E-state index contributed by atoms with van der Waals surface area (Å²) >= 11 is 0. The molecular weight excluding hydrogens is 328 g/mol. The molecule has 2 aromatic heterocycles. The number of nitrogens with zero attached hydrogens (tertiary/aromatic N) is 6. The van der Waals surface area contributed by atoms with Crippen LogP contribution in [-0.4, -0.2) is 56.7 Å². The van der Waals surface area contributed by atoms with E-state index < -0.39 is 0 Å². The standard InChI is InChI=1S/C19H26N6O/c1-13-11-14(2)25(22-13)18-12-17(20-15(3)21-18)23-7-9-24(10-8-23)19(26)16-5-4-6-16/h11-12,16H,4-10H2,1-3H3. The third-order valence-electron chi connectivity index (χ3n) is 5.41. The van der Waals surface area contributed by atoms with Crippen LogP contribution < -0.4 is 4.90 Å². The van der Waals surface area contributed by atoms with Crippen LogP contribution in [0.2, 0.25) is 0 Å². The van der Waals surface area contributed by atoms with E-state index in [1.807, 2.05) is 42.5 Å². The molecule has 3 heterocycles. The lowest BCUT2D eigenvalue weighted by Crippen LogP contribution is -2.51. The van der Waals surface area contributed by atoms with Crippen LogP contribution in [0.15, 0.2) is 12.1 Å². The molecule has 1 amide bonds. The summed E-state index contributed by atoms with van der Waals surface area (Å²) in [7, 11) is 0. The first-order valence-electron chi connectivity index (χ1n) is 9.44. The zero-order valence-corrected chi connectivity index (χ0v) is 15.8. The molecular formula is C19H26N6O. The third-order valence-corrected chi connectivity index (χ3v) is 5.41. The lowest BCUT2D eigenvalue weighted by atomic mass is 9.84. The van der Waals surface area contributed by atoms with Gasteiger partial charge in [-0.1, -0.05) is 6.42 Å². The first-order valence-corrected chi connectivity index (χ1v) is 9.44. The van der Waals surface area contributed by atoms with Gasteiger partial charge in [-0.2, -0.15) is 5.10 Å². The van der Waals surface area contributed by atoms with Crippen molar-refractivity contribution >= 4 is 11.7 Å². The molecule has 1 saturated heterocycles. The number of piperazine rings is 1. The number of hydrogen-bond donors (Lipinski definition) is 0. The normalized spacial score (nSPS) is 18.1. The molecule has 0 atom stereocenters. The van der Waals surface area contributed by atoms with Crippen LogP contribution in [0, 0.1) is 26.7 Å². The summed E-state index contributed by atoms with van der Waals surface area (Å²) in [6, 6.07) is 4.04. The summed E-state index contributed by atoms with van der Waals surface area (Å²) < 4.78 is 1.86. The Labute approximate surface area is 154 Å². The van der Waals surface area contributed by atoms with Crippen molar-refractivity contribution in [1.82, 2.24) is 24.6 Å². The van der Waals surface area contributed by atoms with Gasteiger partial charge in [0.05, 0.1) is 5.69 Å². The Morgan fingerprint density at radius 1 is 1.00 bits per heavy atom. The summed E-state index contributed by atoms with van der Waals surface area (Å²) in [6.45, 7) is 9.09. The zero-order valence-electron chi connectivity index (χ0n) is 15.8. The molecule has 1 aliphatic heterocycles. The highest BCUT2D eigenvalue weighted by Gasteiger charge is 2.31. The molecule has 0 bridgehead atoms. The first kappa shape index (κ1) is 17.0. The molecule has 0 spiro atoms. The molecule has 1 aliphatic carbocycles. The number of hydrogen-bond acceptors (Lipinski definition) is 5. The van der Waals surface area contributed by atoms with Gasteiger partial charge >= 0.3 is 0 Å². The van der Waals surface area contributed by atoms with Gasteiger partial charge in [0.25, 0.3) is 0 Å². The van der Waals surface area contributed by atoms with Crippen LogP contribution in [-0.2, 0) is 4.79 Å². The topological polar surface area (TPSA) is 67.2 Å². The van der Waals surface area contributed by atoms with Crippen molar-refractivity contribution in [2.24, 2.45) is 5.92 Å². The smallest absolute Gasteiger partial charge is 0.225 e. The van der Waals surface area contributed by atoms with E-state index in [0.29, 0.717) is 5.91 Å². The van der Waals surface area contributed by atoms with Gasteiger partial charge < -0.3 is 9.80 Å². The fraction of sp³-hybridized carbons (Fsp3) is 0.579. The van der Waals surface area contributed by atoms with Crippen LogP contribution in [0.1, 0.15) is 36.5 Å². The van der Waals surface area contributed by atoms with Crippen molar-refractivity contribution in [3.63, 3.8) is 0 Å². The van der Waals surface area contributed by atoms with Gasteiger partial charge in [0.2, 0.25) is 5.91 Å². The molecule has 0 N–H and O–H groups in total. The lowest BCUT2D eigenvalue weighted by molar-refractivity contribution is -0.138. The minimum absolute atomic E-state index is 0.278. The van der Waals surface area contributed by atoms with Gasteiger partial charge in [0.1, 0.15) is 11.6 Å². The van der Waals surface area contributed by atoms with E-state index >= 15 is 0 Å². The van der Waals surface area contributed by atoms with Gasteiger partial charge in [0.15, 0.2) is 5.82 Å². The van der Waals surface area contributed by atoms with Gasteiger partial charge in [-0.3, -0.25) is 4.79 Å². The van der Waals surface area contributed by atoms with Crippen LogP contribution in [0.25, 0.3) is 5.82 Å². The Hall–Kier alpha value is -2.44. The average Bonchev–Trinajstić information content (AvgIpc) is 2.91. The number of amides is 1. The molecule has 0 unspecified atom stereocenters. The van der Waals surface area contributed by atoms with E-state index in [2.05, 4.69) is 20.0 Å². The van der Waals surface area contributed by atoms with E-state index in [1.54, 1.807) is 0 Å². The summed E-state index contributed by atoms with van der Waals surface area (Å²) in [5.41, 5.74) is 2.03. The number of rotatable bonds is 3. The van der Waals surface area contributed by atoms with E-state index in [4.69, 9.17) is 0 Å². The summed E-state index contributed by atoms with van der Waals surface area (Å²) in [6.07, 6.45) is 3.33. The SMILES string of the molecule is Cc1cc(C)n(-c2cc(N3CCN(C(=O)C4CCC4)CC3)nc(C)n2)n1. The van der Waals surface area contributed by atoms with Gasteiger partial charge in [-0.25, -0.2) is 14.6 Å². The summed E-state index contributed by atoms with van der Waals surface area (Å²) in [5, 5.41) is 4.53. The fourth-order valence-electron chi connectivity index (χ4n) is 3.74. The van der Waals surface area contributed by atoms with Gasteiger partial charge in [0, 0.05) is 43.9 Å². The highest BCUT2D eigenvalue weighted by atomic mass is 16.2. The van der Waals surface area contributed by atoms with E-state index in [9.17, 15) is 4.79 Å². The molecule has 2 fully saturated rings. The minimum atomic E-state index is 0.278. The molecule has 2 aromatic rings. The Bertz CT molecular complexity index is 817. The van der Waals surface area contributed by atoms with Crippen molar-refractivity contribution in [2.75, 3.05) is 31.1 Å². The lowest BCUT2D eigenvalue weighted by Gasteiger charge is -2.38. The number of aromatic nitrogens is 4. The van der Waals surface area contributed by atoms with Crippen LogP contribution in [0.4, 0.5) is 5.82 Å². The van der Waals surface area contributed by atoms with Gasteiger partial charge in [-0.15, -0.1) is 0 Å². The number of carbonyl (C=O) groups is 1. The quantitative estimate of drug-likeness (QED) is 0.844. The van der Waals surface area contributed by atoms with Crippen molar-refractivity contribution in [2.45, 2.75) is 40.0 Å². The maximum Gasteiger partial charge on any atom is 0.225 e. The molecule has 1 saturated carbocycles. The predicted molar refractivity (Wildman–Crippen MR) is 99.5 cm³/mol. The molecule has 7 heteroatoms. The molecule has 138 valence electrons. The van der Waals surface area contributed by atoms with Crippen LogP contribution in [0.5, 0.6) is 0 Å². The molecule has 0 aromatic carbocycles. The fourth-order valence-corrected chi connectivity index (χ4v) is 3.74. The highest BCUT2D eigenvalue weighted by Crippen LogP contribution is 2.29. The van der Waals surface area contributed by atoms with Crippen molar-refractivity contribution in [1.29, 1.82) is 0 Å². The zero-order chi connectivity index (χ0) is 18.3. The summed E-state index contributed by atoms with van der Waals surface area (Å²) in [4.78, 5) is 25.9. The number of carbonyl (C=O) groups excluding carboxylic acids is 1. The van der Waals surface area contributed by atoms with Crippen LogP contribution >= 0.6 is 0 Å². The largest absolute Gasteiger partial charge is 0.353 e. The monoisotopic (exact) mass is 354 g/mol. The first-order chi connectivity index (χ1) is 12.5. The Morgan fingerprint density at radius 3 is 2.27 bits per heavy atom. The maximum atomic E-state index is 12.4. The highest BCUT2D eigenvalue weighted by molar-refractivity contribution is 5.79. The predicted octanol–water partition coefficient (Wildman–Crippen LogP) is 2.04. The second-order valence-electron chi connectivity index (χ2n) is 7.41. The number of anilines is 1. The van der Waals surface area contributed by atoms with Gasteiger partial charge in [-0.05, 0) is 39.7 Å². The second kappa shape index (κ2) is 6.70. The molecule has 2 aliphatic rings. The Balaban J connectivity index is 1.50. The van der Waals surface area contributed by atoms with Crippen molar-refractivity contribution in [3.05, 3.63) is 29.3 Å². The van der Waals surface area contributed by atoms with E-state index in [0.717, 1.165) is 67.9 Å². The molecule has 0 radical (unpaired) electrons. The van der Waals surface area contributed by atoms with Crippen molar-refractivity contribution in [3.8, 4) is 5.82 Å². The molecule has 7 nitrogen and oxygen atoms in total. The van der Waals surface area contributed by atoms with Crippen LogP contribution in [0.3, 0.4) is 0 Å². The second-order valence-corrected chi connectivity index (χ2v) is 7.41. The number of aryl methyl sites for hydroxylation is 3. The Morgan fingerprint density at radius 2 is 1.69 bits per heavy atom. The summed E-state index contributed by atoms with van der Waals surface area (Å²) in [5.74, 6) is 3.07. The third kappa shape index (κ3) is 3.18. The van der Waals surface area contributed by atoms with E-state index in [-0.39, 0.29) is 5.92 Å². The Kier molecular flexibility index (Phi) is 4.38.